The third-order valence-corrected chi connectivity index (χ3v) is 3.36. The average Bonchev–Trinajstić information content (AvgIpc) is 2.35. The lowest BCUT2D eigenvalue weighted by Gasteiger charge is -2.17. The second-order valence-electron chi connectivity index (χ2n) is 4.01. The Labute approximate surface area is 113 Å². The van der Waals surface area contributed by atoms with Crippen molar-refractivity contribution in [3.63, 3.8) is 0 Å². The monoisotopic (exact) mass is 311 g/mol. The molecule has 2 aromatic rings. The Kier molecular flexibility index (Phi) is 3.97. The molecule has 0 saturated heterocycles. The maximum atomic E-state index is 13.6. The van der Waals surface area contributed by atoms with E-state index >= 15 is 0 Å². The highest BCUT2D eigenvalue weighted by molar-refractivity contribution is 9.10. The highest BCUT2D eigenvalue weighted by Gasteiger charge is 2.12. The van der Waals surface area contributed by atoms with Gasteiger partial charge < -0.3 is 5.32 Å². The second kappa shape index (κ2) is 5.48. The zero-order chi connectivity index (χ0) is 13.1. The summed E-state index contributed by atoms with van der Waals surface area (Å²) in [7, 11) is 0. The molecule has 2 rings (SSSR count). The van der Waals surface area contributed by atoms with Gasteiger partial charge in [-0.1, -0.05) is 12.1 Å². The smallest absolute Gasteiger partial charge is 0.128 e. The van der Waals surface area contributed by atoms with Gasteiger partial charge in [0.05, 0.1) is 6.04 Å². The first kappa shape index (κ1) is 13.0. The first-order chi connectivity index (χ1) is 8.58. The Morgan fingerprint density at radius 3 is 2.56 bits per heavy atom. The summed E-state index contributed by atoms with van der Waals surface area (Å²) in [6.07, 6.45) is 0. The molecule has 1 nitrogen and oxygen atoms in total. The van der Waals surface area contributed by atoms with E-state index < -0.39 is 11.6 Å². The van der Waals surface area contributed by atoms with Crippen molar-refractivity contribution in [2.45, 2.75) is 13.0 Å². The van der Waals surface area contributed by atoms with Crippen molar-refractivity contribution >= 4 is 21.6 Å². The van der Waals surface area contributed by atoms with Crippen molar-refractivity contribution in [2.75, 3.05) is 5.32 Å². The molecular formula is C14H12BrF2N. The largest absolute Gasteiger partial charge is 0.377 e. The van der Waals surface area contributed by atoms with Crippen LogP contribution in [-0.2, 0) is 0 Å². The summed E-state index contributed by atoms with van der Waals surface area (Å²) >= 11 is 3.40. The van der Waals surface area contributed by atoms with Gasteiger partial charge >= 0.3 is 0 Å². The second-order valence-corrected chi connectivity index (χ2v) is 4.87. The van der Waals surface area contributed by atoms with Gasteiger partial charge in [0.2, 0.25) is 0 Å². The van der Waals surface area contributed by atoms with Gasteiger partial charge in [0.15, 0.2) is 0 Å². The molecule has 0 saturated carbocycles. The van der Waals surface area contributed by atoms with Crippen molar-refractivity contribution in [1.29, 1.82) is 0 Å². The van der Waals surface area contributed by atoms with Crippen LogP contribution in [0.25, 0.3) is 0 Å². The Bertz CT molecular complexity index is 557. The van der Waals surface area contributed by atoms with Crippen molar-refractivity contribution < 1.29 is 8.78 Å². The average molecular weight is 312 g/mol. The number of benzene rings is 2. The quantitative estimate of drug-likeness (QED) is 0.850. The topological polar surface area (TPSA) is 12.0 Å². The zero-order valence-electron chi connectivity index (χ0n) is 9.75. The lowest BCUT2D eigenvalue weighted by atomic mass is 10.1. The number of hydrogen-bond acceptors (Lipinski definition) is 1. The molecule has 0 heterocycles. The van der Waals surface area contributed by atoms with Crippen LogP contribution in [0.4, 0.5) is 14.5 Å². The number of nitrogens with one attached hydrogen (secondary N) is 1. The molecule has 1 unspecified atom stereocenters. The van der Waals surface area contributed by atoms with Gasteiger partial charge in [-0.3, -0.25) is 0 Å². The highest BCUT2D eigenvalue weighted by Crippen LogP contribution is 2.27. The van der Waals surface area contributed by atoms with E-state index in [9.17, 15) is 8.78 Å². The number of halogens is 3. The zero-order valence-corrected chi connectivity index (χ0v) is 11.3. The third-order valence-electron chi connectivity index (χ3n) is 2.67. The Morgan fingerprint density at radius 2 is 1.83 bits per heavy atom. The van der Waals surface area contributed by atoms with E-state index in [2.05, 4.69) is 21.2 Å². The van der Waals surface area contributed by atoms with E-state index in [0.717, 1.165) is 22.3 Å². The van der Waals surface area contributed by atoms with E-state index in [1.54, 1.807) is 6.92 Å². The first-order valence-corrected chi connectivity index (χ1v) is 6.33. The molecule has 18 heavy (non-hydrogen) atoms. The van der Waals surface area contributed by atoms with Crippen molar-refractivity contribution in [2.24, 2.45) is 0 Å². The number of anilines is 1. The summed E-state index contributed by atoms with van der Waals surface area (Å²) in [6, 6.07) is 10.7. The summed E-state index contributed by atoms with van der Waals surface area (Å²) in [5.74, 6) is -0.851. The minimum absolute atomic E-state index is 0.311. The molecule has 0 aromatic heterocycles. The standard InChI is InChI=1S/C14H12BrF2N/c1-9(11-8-10(16)6-7-13(11)17)18-14-5-3-2-4-12(14)15/h2-9,18H,1H3. The van der Waals surface area contributed by atoms with Gasteiger partial charge in [-0.25, -0.2) is 8.78 Å². The molecule has 2 aromatic carbocycles. The van der Waals surface area contributed by atoms with E-state index in [0.29, 0.717) is 5.56 Å². The fourth-order valence-electron chi connectivity index (χ4n) is 1.74. The van der Waals surface area contributed by atoms with Crippen LogP contribution in [0.2, 0.25) is 0 Å². The van der Waals surface area contributed by atoms with E-state index in [-0.39, 0.29) is 6.04 Å². The normalized spacial score (nSPS) is 12.2. The van der Waals surface area contributed by atoms with Gasteiger partial charge in [-0.2, -0.15) is 0 Å². The molecule has 4 heteroatoms. The van der Waals surface area contributed by atoms with E-state index in [1.165, 1.54) is 6.07 Å². The van der Waals surface area contributed by atoms with Gasteiger partial charge in [0.1, 0.15) is 11.6 Å². The molecule has 0 amide bonds. The molecule has 0 bridgehead atoms. The molecular weight excluding hydrogens is 300 g/mol. The summed E-state index contributed by atoms with van der Waals surface area (Å²) in [5.41, 5.74) is 1.15. The van der Waals surface area contributed by atoms with Crippen LogP contribution >= 0.6 is 15.9 Å². The van der Waals surface area contributed by atoms with Crippen LogP contribution in [-0.4, -0.2) is 0 Å². The van der Waals surface area contributed by atoms with Crippen molar-refractivity contribution in [3.05, 3.63) is 64.1 Å². The Morgan fingerprint density at radius 1 is 1.11 bits per heavy atom. The van der Waals surface area contributed by atoms with Gasteiger partial charge in [0.25, 0.3) is 0 Å². The number of rotatable bonds is 3. The van der Waals surface area contributed by atoms with Gasteiger partial charge in [-0.05, 0) is 53.2 Å². The minimum atomic E-state index is -0.438. The van der Waals surface area contributed by atoms with Crippen LogP contribution in [0.1, 0.15) is 18.5 Å². The molecule has 1 atom stereocenters. The summed E-state index contributed by atoms with van der Waals surface area (Å²) in [5, 5.41) is 3.14. The van der Waals surface area contributed by atoms with E-state index in [4.69, 9.17) is 0 Å². The van der Waals surface area contributed by atoms with Crippen molar-refractivity contribution in [3.8, 4) is 0 Å². The van der Waals surface area contributed by atoms with E-state index in [1.807, 2.05) is 24.3 Å². The summed E-state index contributed by atoms with van der Waals surface area (Å²) in [6.45, 7) is 1.79. The summed E-state index contributed by atoms with van der Waals surface area (Å²) < 4.78 is 27.6. The molecule has 0 aliphatic rings. The maximum Gasteiger partial charge on any atom is 0.128 e. The number of hydrogen-bond donors (Lipinski definition) is 1. The van der Waals surface area contributed by atoms with Crippen LogP contribution in [0.15, 0.2) is 46.9 Å². The molecule has 0 fully saturated rings. The fourth-order valence-corrected chi connectivity index (χ4v) is 2.13. The lowest BCUT2D eigenvalue weighted by Crippen LogP contribution is -2.09. The van der Waals surface area contributed by atoms with Crippen LogP contribution in [0, 0.1) is 11.6 Å². The molecule has 0 radical (unpaired) electrons. The molecule has 1 N–H and O–H groups in total. The highest BCUT2D eigenvalue weighted by atomic mass is 79.9. The van der Waals surface area contributed by atoms with Gasteiger partial charge in [0, 0.05) is 15.7 Å². The SMILES string of the molecule is CC(Nc1ccccc1Br)c1cc(F)ccc1F. The summed E-state index contributed by atoms with van der Waals surface area (Å²) in [4.78, 5) is 0. The maximum absolute atomic E-state index is 13.6. The van der Waals surface area contributed by atoms with Crippen LogP contribution in [0.5, 0.6) is 0 Å². The number of para-hydroxylation sites is 1. The molecule has 0 spiro atoms. The van der Waals surface area contributed by atoms with Gasteiger partial charge in [-0.15, -0.1) is 0 Å². The fraction of sp³-hybridized carbons (Fsp3) is 0.143. The molecule has 0 aliphatic heterocycles. The lowest BCUT2D eigenvalue weighted by molar-refractivity contribution is 0.577. The van der Waals surface area contributed by atoms with Crippen molar-refractivity contribution in [1.82, 2.24) is 0 Å². The van der Waals surface area contributed by atoms with Crippen LogP contribution < -0.4 is 5.32 Å². The third kappa shape index (κ3) is 2.88. The molecule has 0 aliphatic carbocycles. The Balaban J connectivity index is 2.25. The predicted molar refractivity (Wildman–Crippen MR) is 72.5 cm³/mol. The predicted octanol–water partition coefficient (Wildman–Crippen LogP) is 4.90. The Hall–Kier alpha value is -1.42. The first-order valence-electron chi connectivity index (χ1n) is 5.54. The molecule has 94 valence electrons. The minimum Gasteiger partial charge on any atom is -0.377 e. The van der Waals surface area contributed by atoms with Crippen LogP contribution in [0.3, 0.4) is 0 Å².